The molecule has 3 fully saturated rings. The van der Waals surface area contributed by atoms with E-state index < -0.39 is 148 Å². The number of carbonyl (C=O) groups is 3. The van der Waals surface area contributed by atoms with Crippen molar-refractivity contribution in [3.63, 3.8) is 0 Å². The van der Waals surface area contributed by atoms with E-state index in [4.69, 9.17) is 14.2 Å². The lowest BCUT2D eigenvalue weighted by atomic mass is 9.92. The van der Waals surface area contributed by atoms with Crippen LogP contribution in [0.25, 0.3) is 0 Å². The third kappa shape index (κ3) is 17.5. The molecule has 0 aromatic carbocycles. The molecule has 6 heterocycles. The predicted octanol–water partition coefficient (Wildman–Crippen LogP) is 11.0. The van der Waals surface area contributed by atoms with Gasteiger partial charge in [0, 0.05) is 96.8 Å². The van der Waals surface area contributed by atoms with Crippen LogP contribution in [0.2, 0.25) is 0 Å². The second-order valence-electron chi connectivity index (χ2n) is 24.3. The van der Waals surface area contributed by atoms with Crippen LogP contribution in [-0.2, 0) is 64.9 Å². The lowest BCUT2D eigenvalue weighted by molar-refractivity contribution is 0.0121. The highest BCUT2D eigenvalue weighted by Crippen LogP contribution is 2.45. The number of ether oxygens (including phenoxy) is 3. The maximum Gasteiger partial charge on any atom is 0.410 e. The number of carbonyl (C=O) groups excluding carboxylic acids is 3. The molecule has 0 radical (unpaired) electrons. The van der Waals surface area contributed by atoms with Gasteiger partial charge in [0.25, 0.3) is 19.3 Å². The monoisotopic (exact) mass is 1290 g/mol. The van der Waals surface area contributed by atoms with Crippen molar-refractivity contribution in [2.45, 2.75) is 195 Å². The van der Waals surface area contributed by atoms with Crippen LogP contribution in [0.15, 0.2) is 33.3 Å². The Labute approximate surface area is 492 Å². The van der Waals surface area contributed by atoms with Gasteiger partial charge in [0.05, 0.1) is 0 Å². The molecule has 0 spiro atoms. The molecule has 3 atom stereocenters. The number of aromatic nitrogens is 6. The van der Waals surface area contributed by atoms with Gasteiger partial charge in [0.2, 0.25) is 44.5 Å². The number of hydrogen-bond acceptors (Lipinski definition) is 15. The van der Waals surface area contributed by atoms with Crippen LogP contribution < -0.4 is 0 Å². The number of sulfone groups is 3. The minimum Gasteiger partial charge on any atom is -0.444 e. The summed E-state index contributed by atoms with van der Waals surface area (Å²) in [5.41, 5.74) is -4.93. The number of likely N-dealkylation sites (tertiary alicyclic amines) is 3. The molecule has 3 saturated heterocycles. The van der Waals surface area contributed by atoms with Crippen molar-refractivity contribution < 1.29 is 93.4 Å². The van der Waals surface area contributed by atoms with Crippen LogP contribution in [0.5, 0.6) is 0 Å². The van der Waals surface area contributed by atoms with Crippen molar-refractivity contribution in [1.29, 1.82) is 0 Å². The standard InChI is InChI=1S/3C17H26F3N3O4S.CH4/c3*1-16(2,3)27-15(24)23-8-6-11(7-9-23)17(4,20)28(25,26)12-10-22(5)21-13(12)14(18)19;/h3*10-11,14H,6-9H2,1-5H3;1H4/t2*17-;;/m10../s1. The Morgan fingerprint density at radius 3 is 0.753 bits per heavy atom. The number of piperidine rings is 3. The highest BCUT2D eigenvalue weighted by molar-refractivity contribution is 7.93. The minimum absolute atomic E-state index is 0. The van der Waals surface area contributed by atoms with Gasteiger partial charge in [-0.05, 0) is 122 Å². The zero-order valence-electron chi connectivity index (χ0n) is 49.7. The largest absolute Gasteiger partial charge is 0.444 e. The molecule has 1 unspecified atom stereocenters. The van der Waals surface area contributed by atoms with Gasteiger partial charge in [-0.25, -0.2) is 79.2 Å². The molecule has 6 rings (SSSR count). The van der Waals surface area contributed by atoms with E-state index in [1.807, 2.05) is 0 Å². The highest BCUT2D eigenvalue weighted by atomic mass is 32.2. The Morgan fingerprint density at radius 2 is 0.600 bits per heavy atom. The Balaban J connectivity index is 0.000000332. The zero-order valence-corrected chi connectivity index (χ0v) is 52.2. The van der Waals surface area contributed by atoms with E-state index in [9.17, 15) is 66.0 Å². The SMILES string of the molecule is C.Cn1cc(S(=O)(=O)C(C)(F)C2CCN(C(=O)OC(C)(C)C)CC2)c(C(F)F)n1.Cn1cc(S(=O)(=O)[C@@](C)(F)C2CCN(C(=O)OC(C)(C)C)CC2)c(C(F)F)n1.Cn1cc(S(=O)(=O)[C@](C)(F)C2CCN(C(=O)OC(C)(C)C)CC2)c(C(F)F)n1. The molecular weight excluding hydrogens is 1210 g/mol. The zero-order chi connectivity index (χ0) is 64.5. The van der Waals surface area contributed by atoms with Crippen LogP contribution in [0.3, 0.4) is 0 Å². The fourth-order valence-corrected chi connectivity index (χ4v) is 14.9. The lowest BCUT2D eigenvalue weighted by Gasteiger charge is -2.37. The minimum atomic E-state index is -4.72. The molecule has 21 nitrogen and oxygen atoms in total. The molecule has 3 aromatic rings. The topological polar surface area (TPSA) is 244 Å². The van der Waals surface area contributed by atoms with E-state index in [-0.39, 0.29) is 85.2 Å². The summed E-state index contributed by atoms with van der Waals surface area (Å²) in [5, 5.41) is 2.03. The second kappa shape index (κ2) is 27.0. The van der Waals surface area contributed by atoms with Crippen molar-refractivity contribution >= 4 is 47.8 Å². The van der Waals surface area contributed by atoms with Gasteiger partial charge in [0.15, 0.2) is 0 Å². The van der Waals surface area contributed by atoms with Crippen LogP contribution in [-0.4, -0.2) is 159 Å². The third-order valence-corrected chi connectivity index (χ3v) is 21.0. The molecule has 3 aromatic heterocycles. The summed E-state index contributed by atoms with van der Waals surface area (Å²) < 4.78 is 221. The molecule has 488 valence electrons. The molecule has 0 bridgehead atoms. The van der Waals surface area contributed by atoms with Gasteiger partial charge in [-0.1, -0.05) is 7.43 Å². The number of hydrogen-bond donors (Lipinski definition) is 0. The van der Waals surface area contributed by atoms with Crippen molar-refractivity contribution in [1.82, 2.24) is 44.0 Å². The van der Waals surface area contributed by atoms with Crippen molar-refractivity contribution in [2.24, 2.45) is 38.9 Å². The molecule has 0 N–H and O–H groups in total. The molecule has 33 heteroatoms. The van der Waals surface area contributed by atoms with E-state index in [1.54, 1.807) is 62.3 Å². The number of aryl methyl sites for hydroxylation is 3. The fourth-order valence-electron chi connectivity index (χ4n) is 9.54. The summed E-state index contributed by atoms with van der Waals surface area (Å²) in [5.74, 6) is -2.87. The quantitative estimate of drug-likeness (QED) is 0.121. The fraction of sp³-hybridized carbons (Fsp3) is 0.769. The first-order valence-corrected chi connectivity index (χ1v) is 31.1. The smallest absolute Gasteiger partial charge is 0.410 e. The molecule has 0 saturated carbocycles. The second-order valence-corrected chi connectivity index (χ2v) is 31.0. The van der Waals surface area contributed by atoms with Gasteiger partial charge in [-0.15, -0.1) is 0 Å². The first-order valence-electron chi connectivity index (χ1n) is 26.7. The molecule has 3 amide bonds. The third-order valence-electron chi connectivity index (χ3n) is 14.2. The lowest BCUT2D eigenvalue weighted by Crippen LogP contribution is -2.48. The summed E-state index contributed by atoms with van der Waals surface area (Å²) in [4.78, 5) is 38.1. The van der Waals surface area contributed by atoms with Crippen LogP contribution in [0.1, 0.15) is 165 Å². The number of nitrogens with zero attached hydrogens (tertiary/aromatic N) is 9. The highest BCUT2D eigenvalue weighted by Gasteiger charge is 2.54. The Morgan fingerprint density at radius 1 is 0.424 bits per heavy atom. The summed E-state index contributed by atoms with van der Waals surface area (Å²) in [7, 11) is -10.3. The van der Waals surface area contributed by atoms with Gasteiger partial charge in [0.1, 0.15) is 48.6 Å². The summed E-state index contributed by atoms with van der Waals surface area (Å²) >= 11 is 0. The molecule has 85 heavy (non-hydrogen) atoms. The van der Waals surface area contributed by atoms with E-state index >= 15 is 13.2 Å². The summed E-state index contributed by atoms with van der Waals surface area (Å²) in [6, 6.07) is 0. The van der Waals surface area contributed by atoms with Crippen LogP contribution in [0.4, 0.5) is 53.9 Å². The molecule has 3 aliphatic heterocycles. The average Bonchev–Trinajstić information content (AvgIpc) is 2.08. The van der Waals surface area contributed by atoms with Gasteiger partial charge in [-0.2, -0.15) is 15.3 Å². The number of amides is 3. The molecule has 0 aliphatic carbocycles. The van der Waals surface area contributed by atoms with E-state index in [0.717, 1.165) is 53.4 Å². The van der Waals surface area contributed by atoms with Gasteiger partial charge >= 0.3 is 18.3 Å². The Kier molecular flexibility index (Phi) is 23.4. The maximum absolute atomic E-state index is 15.5. The normalized spacial score (nSPS) is 18.7. The summed E-state index contributed by atoms with van der Waals surface area (Å²) in [6.45, 7) is 18.8. The van der Waals surface area contributed by atoms with Gasteiger partial charge < -0.3 is 28.9 Å². The number of rotatable bonds is 12. The van der Waals surface area contributed by atoms with E-state index in [2.05, 4.69) is 15.3 Å². The molecular formula is C52H82F9N9O12S3. The molecule has 3 aliphatic rings. The van der Waals surface area contributed by atoms with E-state index in [1.165, 1.54) is 35.8 Å². The van der Waals surface area contributed by atoms with Crippen LogP contribution >= 0.6 is 0 Å². The number of halogens is 9. The summed E-state index contributed by atoms with van der Waals surface area (Å²) in [6.07, 6.45) is -8.02. The first kappa shape index (κ1) is 73.9. The predicted molar refractivity (Wildman–Crippen MR) is 293 cm³/mol. The number of alkyl halides is 9. The maximum atomic E-state index is 15.5. The van der Waals surface area contributed by atoms with Crippen molar-refractivity contribution in [3.05, 3.63) is 35.7 Å². The van der Waals surface area contributed by atoms with E-state index in [0.29, 0.717) is 0 Å². The first-order chi connectivity index (χ1) is 38.0. The Bertz CT molecular complexity index is 2800. The Hall–Kier alpha value is -5.34. The van der Waals surface area contributed by atoms with Gasteiger partial charge in [-0.3, -0.25) is 14.0 Å². The van der Waals surface area contributed by atoms with Crippen molar-refractivity contribution in [3.8, 4) is 0 Å². The van der Waals surface area contributed by atoms with Crippen molar-refractivity contribution in [2.75, 3.05) is 39.3 Å². The average molecular weight is 1290 g/mol. The van der Waals surface area contributed by atoms with Crippen LogP contribution in [0, 0.1) is 17.8 Å².